The number of benzene rings is 1. The second-order valence-corrected chi connectivity index (χ2v) is 3.92. The second-order valence-electron chi connectivity index (χ2n) is 3.92. The normalized spacial score (nSPS) is 23.7. The molecule has 2 rings (SSSR count). The van der Waals surface area contributed by atoms with E-state index in [0.29, 0.717) is 12.8 Å². The molecule has 1 aliphatic carbocycles. The third-order valence-electron chi connectivity index (χ3n) is 2.62. The van der Waals surface area contributed by atoms with Crippen molar-refractivity contribution in [3.63, 3.8) is 0 Å². The molecule has 1 fully saturated rings. The quantitative estimate of drug-likeness (QED) is 0.798. The fourth-order valence-corrected chi connectivity index (χ4v) is 1.64. The van der Waals surface area contributed by atoms with Gasteiger partial charge in [-0.05, 0) is 31.0 Å². The summed E-state index contributed by atoms with van der Waals surface area (Å²) in [5.74, 6) is -2.05. The molecule has 0 aliphatic heterocycles. The molecular weight excluding hydrogens is 216 g/mol. The van der Waals surface area contributed by atoms with E-state index in [-0.39, 0.29) is 11.6 Å². The molecule has 16 heavy (non-hydrogen) atoms. The lowest BCUT2D eigenvalue weighted by Gasteiger charge is -2.31. The molecule has 2 N–H and O–H groups in total. The number of aliphatic hydroxyl groups is 1. The summed E-state index contributed by atoms with van der Waals surface area (Å²) in [6.07, 6.45) is 0.522. The average Bonchev–Trinajstić information content (AvgIpc) is 2.19. The minimum Gasteiger partial charge on any atom is -0.393 e. The Hall–Kier alpha value is -1.49. The molecule has 1 amide bonds. The molecule has 3 nitrogen and oxygen atoms in total. The van der Waals surface area contributed by atoms with Crippen LogP contribution in [0.15, 0.2) is 18.2 Å². The highest BCUT2D eigenvalue weighted by Gasteiger charge is 2.29. The van der Waals surface area contributed by atoms with Gasteiger partial charge in [-0.25, -0.2) is 8.78 Å². The number of carbonyl (C=O) groups excluding carboxylic acids is 1. The monoisotopic (exact) mass is 227 g/mol. The van der Waals surface area contributed by atoms with Crippen LogP contribution in [0.1, 0.15) is 23.2 Å². The Balaban J connectivity index is 2.05. The molecule has 0 spiro atoms. The molecule has 5 heteroatoms. The van der Waals surface area contributed by atoms with E-state index in [1.54, 1.807) is 0 Å². The first-order valence-electron chi connectivity index (χ1n) is 5.00. The van der Waals surface area contributed by atoms with Gasteiger partial charge in [-0.1, -0.05) is 0 Å². The first kappa shape index (κ1) is 11.0. The Morgan fingerprint density at radius 1 is 1.38 bits per heavy atom. The van der Waals surface area contributed by atoms with Crippen LogP contribution in [-0.4, -0.2) is 23.2 Å². The van der Waals surface area contributed by atoms with Crippen molar-refractivity contribution >= 4 is 5.91 Å². The summed E-state index contributed by atoms with van der Waals surface area (Å²) in [5.41, 5.74) is -0.304. The minimum atomic E-state index is -0.751. The van der Waals surface area contributed by atoms with E-state index in [1.807, 2.05) is 0 Å². The topological polar surface area (TPSA) is 49.3 Å². The molecule has 1 aromatic carbocycles. The maximum Gasteiger partial charge on any atom is 0.254 e. The van der Waals surface area contributed by atoms with Crippen molar-refractivity contribution in [2.75, 3.05) is 0 Å². The van der Waals surface area contributed by atoms with E-state index in [1.165, 1.54) is 0 Å². The number of nitrogens with one attached hydrogen (secondary N) is 1. The van der Waals surface area contributed by atoms with E-state index in [2.05, 4.69) is 5.32 Å². The predicted molar refractivity (Wildman–Crippen MR) is 52.9 cm³/mol. The fourth-order valence-electron chi connectivity index (χ4n) is 1.64. The number of rotatable bonds is 2. The van der Waals surface area contributed by atoms with Gasteiger partial charge >= 0.3 is 0 Å². The minimum absolute atomic E-state index is 0.148. The van der Waals surface area contributed by atoms with E-state index in [4.69, 9.17) is 5.11 Å². The van der Waals surface area contributed by atoms with Crippen molar-refractivity contribution in [3.8, 4) is 0 Å². The Morgan fingerprint density at radius 3 is 2.69 bits per heavy atom. The van der Waals surface area contributed by atoms with Crippen LogP contribution in [-0.2, 0) is 0 Å². The van der Waals surface area contributed by atoms with E-state index >= 15 is 0 Å². The van der Waals surface area contributed by atoms with Gasteiger partial charge < -0.3 is 10.4 Å². The van der Waals surface area contributed by atoms with Crippen molar-refractivity contribution in [1.29, 1.82) is 0 Å². The van der Waals surface area contributed by atoms with Crippen LogP contribution in [0.5, 0.6) is 0 Å². The Labute approximate surface area is 91.1 Å². The zero-order chi connectivity index (χ0) is 11.7. The first-order valence-corrected chi connectivity index (χ1v) is 5.00. The second kappa shape index (κ2) is 4.17. The van der Waals surface area contributed by atoms with E-state index < -0.39 is 23.6 Å². The molecule has 0 unspecified atom stereocenters. The average molecular weight is 227 g/mol. The lowest BCUT2D eigenvalue weighted by molar-refractivity contribution is 0.0561. The molecular formula is C11H11F2NO2. The van der Waals surface area contributed by atoms with Gasteiger partial charge in [-0.3, -0.25) is 4.79 Å². The first-order chi connectivity index (χ1) is 7.56. The van der Waals surface area contributed by atoms with Gasteiger partial charge in [0.05, 0.1) is 11.7 Å². The summed E-state index contributed by atoms with van der Waals surface area (Å²) in [4.78, 5) is 11.5. The van der Waals surface area contributed by atoms with Crippen molar-refractivity contribution in [3.05, 3.63) is 35.4 Å². The molecule has 0 atom stereocenters. The Morgan fingerprint density at radius 2 is 2.06 bits per heavy atom. The van der Waals surface area contributed by atoms with E-state index in [9.17, 15) is 13.6 Å². The zero-order valence-corrected chi connectivity index (χ0v) is 8.41. The Bertz CT molecular complexity index is 416. The number of carbonyl (C=O) groups is 1. The third kappa shape index (κ3) is 2.19. The van der Waals surface area contributed by atoms with Gasteiger partial charge in [-0.2, -0.15) is 0 Å². The summed E-state index contributed by atoms with van der Waals surface area (Å²) in [6, 6.07) is 2.59. The van der Waals surface area contributed by atoms with Crippen LogP contribution in [0, 0.1) is 11.6 Å². The standard InChI is InChI=1S/C11H11F2NO2/c12-6-1-2-10(13)9(3-6)11(16)14-7-4-8(15)5-7/h1-3,7-8,15H,4-5H2,(H,14,16). The summed E-state index contributed by atoms with van der Waals surface area (Å²) in [7, 11) is 0. The summed E-state index contributed by atoms with van der Waals surface area (Å²) in [6.45, 7) is 0. The van der Waals surface area contributed by atoms with Crippen molar-refractivity contribution in [1.82, 2.24) is 5.32 Å². The van der Waals surface area contributed by atoms with E-state index in [0.717, 1.165) is 18.2 Å². The lowest BCUT2D eigenvalue weighted by Crippen LogP contribution is -2.46. The summed E-state index contributed by atoms with van der Waals surface area (Å²) in [5, 5.41) is 11.5. The SMILES string of the molecule is O=C(NC1CC(O)C1)c1cc(F)ccc1F. The maximum atomic E-state index is 13.2. The van der Waals surface area contributed by atoms with Crippen LogP contribution in [0.3, 0.4) is 0 Å². The summed E-state index contributed by atoms with van der Waals surface area (Å²) >= 11 is 0. The molecule has 1 aliphatic rings. The number of hydrogen-bond acceptors (Lipinski definition) is 2. The number of amides is 1. The van der Waals surface area contributed by atoms with Gasteiger partial charge in [0.15, 0.2) is 0 Å². The van der Waals surface area contributed by atoms with Crippen molar-refractivity contribution < 1.29 is 18.7 Å². The lowest BCUT2D eigenvalue weighted by atomic mass is 9.89. The molecule has 1 saturated carbocycles. The van der Waals surface area contributed by atoms with Crippen LogP contribution in [0.25, 0.3) is 0 Å². The highest BCUT2D eigenvalue weighted by atomic mass is 19.1. The molecule has 86 valence electrons. The smallest absolute Gasteiger partial charge is 0.254 e. The highest BCUT2D eigenvalue weighted by Crippen LogP contribution is 2.20. The van der Waals surface area contributed by atoms with Crippen LogP contribution in [0.4, 0.5) is 8.78 Å². The number of hydrogen-bond donors (Lipinski definition) is 2. The number of halogens is 2. The largest absolute Gasteiger partial charge is 0.393 e. The van der Waals surface area contributed by atoms with Gasteiger partial charge in [0, 0.05) is 6.04 Å². The van der Waals surface area contributed by atoms with Gasteiger partial charge in [0.1, 0.15) is 11.6 Å². The zero-order valence-electron chi connectivity index (χ0n) is 8.41. The fraction of sp³-hybridized carbons (Fsp3) is 0.364. The van der Waals surface area contributed by atoms with Crippen LogP contribution in [0.2, 0.25) is 0 Å². The third-order valence-corrected chi connectivity index (χ3v) is 2.62. The Kier molecular flexibility index (Phi) is 2.87. The van der Waals surface area contributed by atoms with Crippen LogP contribution >= 0.6 is 0 Å². The highest BCUT2D eigenvalue weighted by molar-refractivity contribution is 5.94. The molecule has 0 heterocycles. The predicted octanol–water partition coefficient (Wildman–Crippen LogP) is 1.22. The summed E-state index contributed by atoms with van der Waals surface area (Å²) < 4.78 is 26.0. The van der Waals surface area contributed by atoms with Crippen molar-refractivity contribution in [2.24, 2.45) is 0 Å². The number of aliphatic hydroxyl groups excluding tert-OH is 1. The molecule has 0 bridgehead atoms. The molecule has 0 radical (unpaired) electrons. The maximum absolute atomic E-state index is 13.2. The molecule has 0 saturated heterocycles. The van der Waals surface area contributed by atoms with Crippen molar-refractivity contribution in [2.45, 2.75) is 25.0 Å². The van der Waals surface area contributed by atoms with Gasteiger partial charge in [0.2, 0.25) is 0 Å². The molecule has 0 aromatic heterocycles. The molecule has 1 aromatic rings. The van der Waals surface area contributed by atoms with Gasteiger partial charge in [-0.15, -0.1) is 0 Å². The van der Waals surface area contributed by atoms with Crippen LogP contribution < -0.4 is 5.32 Å². The van der Waals surface area contributed by atoms with Gasteiger partial charge in [0.25, 0.3) is 5.91 Å².